The van der Waals surface area contributed by atoms with Crippen LogP contribution in [0, 0.1) is 17.2 Å². The zero-order valence-electron chi connectivity index (χ0n) is 11.7. The van der Waals surface area contributed by atoms with Crippen LogP contribution >= 0.6 is 0 Å². The number of nitriles is 1. The van der Waals surface area contributed by atoms with Gasteiger partial charge in [0.25, 0.3) is 0 Å². The van der Waals surface area contributed by atoms with Crippen molar-refractivity contribution in [2.75, 3.05) is 13.6 Å². The van der Waals surface area contributed by atoms with Crippen molar-refractivity contribution in [2.45, 2.75) is 32.1 Å². The van der Waals surface area contributed by atoms with Crippen LogP contribution in [0.2, 0.25) is 0 Å². The molecule has 0 saturated heterocycles. The van der Waals surface area contributed by atoms with Crippen molar-refractivity contribution in [1.29, 1.82) is 5.26 Å². The van der Waals surface area contributed by atoms with Gasteiger partial charge in [0.15, 0.2) is 0 Å². The largest absolute Gasteiger partial charge is 0.316 e. The molecular formula is C17H22N2. The van der Waals surface area contributed by atoms with Crippen molar-refractivity contribution in [1.82, 2.24) is 5.32 Å². The van der Waals surface area contributed by atoms with Crippen LogP contribution in [0.3, 0.4) is 0 Å². The lowest BCUT2D eigenvalue weighted by Crippen LogP contribution is -2.19. The molecule has 0 unspecified atom stereocenters. The molecule has 1 saturated carbocycles. The van der Waals surface area contributed by atoms with Gasteiger partial charge in [0.2, 0.25) is 0 Å². The Balaban J connectivity index is 2.26. The zero-order chi connectivity index (χ0) is 13.5. The molecule has 0 heterocycles. The first-order chi connectivity index (χ1) is 9.35. The predicted molar refractivity (Wildman–Crippen MR) is 79.6 cm³/mol. The summed E-state index contributed by atoms with van der Waals surface area (Å²) in [4.78, 5) is 0. The summed E-state index contributed by atoms with van der Waals surface area (Å²) in [6.07, 6.45) is 8.87. The van der Waals surface area contributed by atoms with Crippen LogP contribution < -0.4 is 5.32 Å². The fourth-order valence-electron chi connectivity index (χ4n) is 2.92. The molecule has 0 aliphatic heterocycles. The molecule has 0 spiro atoms. The van der Waals surface area contributed by atoms with E-state index in [4.69, 9.17) is 0 Å². The van der Waals surface area contributed by atoms with Crippen molar-refractivity contribution in [3.8, 4) is 6.07 Å². The summed E-state index contributed by atoms with van der Waals surface area (Å²) in [6.45, 7) is 0.921. The summed E-state index contributed by atoms with van der Waals surface area (Å²) in [6, 6.07) is 10.1. The minimum absolute atomic E-state index is 0.688. The minimum atomic E-state index is 0.688. The normalized spacial score (nSPS) is 17.2. The van der Waals surface area contributed by atoms with Gasteiger partial charge in [0.1, 0.15) is 0 Å². The first kappa shape index (κ1) is 13.8. The molecule has 1 aliphatic rings. The topological polar surface area (TPSA) is 35.8 Å². The molecule has 2 heteroatoms. The van der Waals surface area contributed by atoms with Crippen molar-refractivity contribution >= 4 is 6.08 Å². The molecule has 1 fully saturated rings. The molecule has 2 nitrogen and oxygen atoms in total. The average molecular weight is 254 g/mol. The molecule has 0 aromatic heterocycles. The maximum atomic E-state index is 9.18. The second-order valence-corrected chi connectivity index (χ2v) is 5.28. The molecule has 1 aromatic carbocycles. The van der Waals surface area contributed by atoms with Crippen molar-refractivity contribution in [2.24, 2.45) is 5.92 Å². The van der Waals surface area contributed by atoms with Gasteiger partial charge in [-0.15, -0.1) is 0 Å². The number of nitrogens with one attached hydrogen (secondary N) is 1. The number of hydrogen-bond donors (Lipinski definition) is 1. The monoisotopic (exact) mass is 254 g/mol. The Hall–Kier alpha value is -1.59. The quantitative estimate of drug-likeness (QED) is 0.888. The van der Waals surface area contributed by atoms with Gasteiger partial charge in [-0.1, -0.05) is 49.1 Å². The van der Waals surface area contributed by atoms with Crippen LogP contribution in [-0.2, 0) is 0 Å². The number of rotatable bonds is 4. The van der Waals surface area contributed by atoms with E-state index in [0.717, 1.165) is 17.7 Å². The Morgan fingerprint density at radius 3 is 2.74 bits per heavy atom. The summed E-state index contributed by atoms with van der Waals surface area (Å²) in [5, 5.41) is 12.4. The van der Waals surface area contributed by atoms with Gasteiger partial charge in [-0.05, 0) is 37.4 Å². The van der Waals surface area contributed by atoms with Crippen LogP contribution in [0.25, 0.3) is 6.08 Å². The highest BCUT2D eigenvalue weighted by molar-refractivity contribution is 5.60. The Labute approximate surface area is 116 Å². The molecule has 19 heavy (non-hydrogen) atoms. The molecule has 0 atom stereocenters. The fourth-order valence-corrected chi connectivity index (χ4v) is 2.92. The second-order valence-electron chi connectivity index (χ2n) is 5.28. The van der Waals surface area contributed by atoms with Crippen LogP contribution in [0.5, 0.6) is 0 Å². The minimum Gasteiger partial charge on any atom is -0.316 e. The molecule has 1 aliphatic carbocycles. The van der Waals surface area contributed by atoms with Crippen molar-refractivity contribution < 1.29 is 0 Å². The third-order valence-corrected chi connectivity index (χ3v) is 3.93. The van der Waals surface area contributed by atoms with Gasteiger partial charge in [0, 0.05) is 6.54 Å². The van der Waals surface area contributed by atoms with E-state index in [0.29, 0.717) is 5.92 Å². The highest BCUT2D eigenvalue weighted by Gasteiger charge is 2.17. The Kier molecular flexibility index (Phi) is 5.18. The summed E-state index contributed by atoms with van der Waals surface area (Å²) < 4.78 is 0. The SMILES string of the molecule is CNC/C(=C/c1ccccc1C#N)C1CCCCC1. The summed E-state index contributed by atoms with van der Waals surface area (Å²) in [5.41, 5.74) is 3.28. The van der Waals surface area contributed by atoms with Crippen molar-refractivity contribution in [3.63, 3.8) is 0 Å². The van der Waals surface area contributed by atoms with Crippen LogP contribution in [0.15, 0.2) is 29.8 Å². The van der Waals surface area contributed by atoms with Crippen molar-refractivity contribution in [3.05, 3.63) is 41.0 Å². The molecule has 100 valence electrons. The van der Waals surface area contributed by atoms with Crippen LogP contribution in [-0.4, -0.2) is 13.6 Å². The maximum Gasteiger partial charge on any atom is 0.0997 e. The fraction of sp³-hybridized carbons (Fsp3) is 0.471. The molecule has 0 amide bonds. The lowest BCUT2D eigenvalue weighted by atomic mass is 9.82. The number of nitrogens with zero attached hydrogens (tertiary/aromatic N) is 1. The summed E-state index contributed by atoms with van der Waals surface area (Å²) in [7, 11) is 1.99. The summed E-state index contributed by atoms with van der Waals surface area (Å²) >= 11 is 0. The molecule has 0 radical (unpaired) electrons. The van der Waals surface area contributed by atoms with E-state index in [1.165, 1.54) is 37.7 Å². The Bertz CT molecular complexity index is 476. The third kappa shape index (κ3) is 3.68. The highest BCUT2D eigenvalue weighted by Crippen LogP contribution is 2.30. The zero-order valence-corrected chi connectivity index (χ0v) is 11.7. The molecule has 1 aromatic rings. The van der Waals surface area contributed by atoms with Crippen LogP contribution in [0.1, 0.15) is 43.2 Å². The summed E-state index contributed by atoms with van der Waals surface area (Å²) in [5.74, 6) is 0.688. The van der Waals surface area contributed by atoms with E-state index in [2.05, 4.69) is 17.5 Å². The van der Waals surface area contributed by atoms with Gasteiger partial charge >= 0.3 is 0 Å². The van der Waals surface area contributed by atoms with E-state index < -0.39 is 0 Å². The van der Waals surface area contributed by atoms with Gasteiger partial charge in [-0.3, -0.25) is 0 Å². The van der Waals surface area contributed by atoms with Crippen LogP contribution in [0.4, 0.5) is 0 Å². The number of likely N-dealkylation sites (N-methyl/N-ethyl adjacent to an activating group) is 1. The predicted octanol–water partition coefficient (Wildman–Crippen LogP) is 3.74. The molecule has 2 rings (SSSR count). The Morgan fingerprint density at radius 1 is 1.32 bits per heavy atom. The first-order valence-electron chi connectivity index (χ1n) is 7.19. The van der Waals surface area contributed by atoms with E-state index >= 15 is 0 Å². The highest BCUT2D eigenvalue weighted by atomic mass is 14.8. The van der Waals surface area contributed by atoms with E-state index in [1.54, 1.807) is 0 Å². The van der Waals surface area contributed by atoms with E-state index in [1.807, 2.05) is 31.3 Å². The standard InChI is InChI=1S/C17H22N2/c1-19-13-17(14-7-3-2-4-8-14)11-15-9-5-6-10-16(15)12-18/h5-6,9-11,14,19H,2-4,7-8,13H2,1H3/b17-11-. The average Bonchev–Trinajstić information content (AvgIpc) is 2.48. The van der Waals surface area contributed by atoms with E-state index in [9.17, 15) is 5.26 Å². The Morgan fingerprint density at radius 2 is 2.05 bits per heavy atom. The van der Waals surface area contributed by atoms with E-state index in [-0.39, 0.29) is 0 Å². The molecular weight excluding hydrogens is 232 g/mol. The third-order valence-electron chi connectivity index (χ3n) is 3.93. The lowest BCUT2D eigenvalue weighted by molar-refractivity contribution is 0.398. The molecule has 0 bridgehead atoms. The smallest absolute Gasteiger partial charge is 0.0997 e. The lowest BCUT2D eigenvalue weighted by Gasteiger charge is -2.24. The maximum absolute atomic E-state index is 9.18. The number of hydrogen-bond acceptors (Lipinski definition) is 2. The van der Waals surface area contributed by atoms with Gasteiger partial charge in [0.05, 0.1) is 11.6 Å². The van der Waals surface area contributed by atoms with Gasteiger partial charge < -0.3 is 5.32 Å². The second kappa shape index (κ2) is 7.11. The first-order valence-corrected chi connectivity index (χ1v) is 7.19. The molecule has 1 N–H and O–H groups in total. The number of benzene rings is 1. The van der Waals surface area contributed by atoms with Gasteiger partial charge in [-0.25, -0.2) is 0 Å². The van der Waals surface area contributed by atoms with Gasteiger partial charge in [-0.2, -0.15) is 5.26 Å².